The van der Waals surface area contributed by atoms with Gasteiger partial charge in [-0.3, -0.25) is 0 Å². The van der Waals surface area contributed by atoms with Crippen molar-refractivity contribution in [3.05, 3.63) is 0 Å². The van der Waals surface area contributed by atoms with Gasteiger partial charge in [-0.1, -0.05) is 0 Å². The summed E-state index contributed by atoms with van der Waals surface area (Å²) in [7, 11) is 1.62. The Morgan fingerprint density at radius 1 is 1.38 bits per heavy atom. The van der Waals surface area contributed by atoms with Gasteiger partial charge < -0.3 is 19.9 Å². The summed E-state index contributed by atoms with van der Waals surface area (Å²) < 4.78 is 10.2. The molecule has 0 aromatic rings. The third-order valence-electron chi connectivity index (χ3n) is 1.57. The van der Waals surface area contributed by atoms with Crippen molar-refractivity contribution in [1.82, 2.24) is 5.32 Å². The van der Waals surface area contributed by atoms with E-state index in [1.807, 2.05) is 13.8 Å². The number of hydrogen-bond acceptors (Lipinski definition) is 4. The number of rotatable bonds is 8. The van der Waals surface area contributed by atoms with Crippen LogP contribution in [0.2, 0.25) is 0 Å². The molecule has 0 bridgehead atoms. The minimum Gasteiger partial charge on any atom is -0.395 e. The molecule has 0 aromatic carbocycles. The lowest BCUT2D eigenvalue weighted by molar-refractivity contribution is 0.0717. The van der Waals surface area contributed by atoms with Crippen LogP contribution in [0.15, 0.2) is 0 Å². The van der Waals surface area contributed by atoms with Gasteiger partial charge in [0.25, 0.3) is 0 Å². The quantitative estimate of drug-likeness (QED) is 0.531. The molecule has 4 nitrogen and oxygen atoms in total. The topological polar surface area (TPSA) is 50.7 Å². The van der Waals surface area contributed by atoms with Crippen molar-refractivity contribution in [2.75, 3.05) is 33.5 Å². The second-order valence-corrected chi connectivity index (χ2v) is 3.21. The molecule has 0 aromatic heterocycles. The van der Waals surface area contributed by atoms with Crippen LogP contribution in [-0.2, 0) is 9.47 Å². The summed E-state index contributed by atoms with van der Waals surface area (Å²) in [4.78, 5) is 0. The van der Waals surface area contributed by atoms with Crippen LogP contribution in [0.3, 0.4) is 0 Å². The van der Waals surface area contributed by atoms with Crippen LogP contribution in [0.4, 0.5) is 0 Å². The predicted molar refractivity (Wildman–Crippen MR) is 51.8 cm³/mol. The van der Waals surface area contributed by atoms with Crippen molar-refractivity contribution < 1.29 is 14.6 Å². The Balaban J connectivity index is 3.27. The van der Waals surface area contributed by atoms with Crippen molar-refractivity contribution in [3.63, 3.8) is 0 Å². The number of hydrogen-bond donors (Lipinski definition) is 2. The highest BCUT2D eigenvalue weighted by Gasteiger charge is 2.04. The molecule has 0 spiro atoms. The molecule has 1 atom stereocenters. The third kappa shape index (κ3) is 8.18. The van der Waals surface area contributed by atoms with Gasteiger partial charge in [0.15, 0.2) is 0 Å². The molecule has 13 heavy (non-hydrogen) atoms. The van der Waals surface area contributed by atoms with E-state index in [1.165, 1.54) is 0 Å². The summed E-state index contributed by atoms with van der Waals surface area (Å²) >= 11 is 0. The van der Waals surface area contributed by atoms with Crippen LogP contribution >= 0.6 is 0 Å². The van der Waals surface area contributed by atoms with Gasteiger partial charge in [-0.05, 0) is 13.8 Å². The third-order valence-corrected chi connectivity index (χ3v) is 1.57. The minimum atomic E-state index is 0.0146. The molecule has 0 aliphatic rings. The highest BCUT2D eigenvalue weighted by atomic mass is 16.5. The molecular weight excluding hydrogens is 170 g/mol. The molecule has 0 amide bonds. The maximum Gasteiger partial charge on any atom is 0.0638 e. The van der Waals surface area contributed by atoms with E-state index < -0.39 is 0 Å². The van der Waals surface area contributed by atoms with Crippen molar-refractivity contribution in [2.24, 2.45) is 0 Å². The number of nitrogens with one attached hydrogen (secondary N) is 1. The zero-order valence-corrected chi connectivity index (χ0v) is 8.75. The zero-order valence-electron chi connectivity index (χ0n) is 8.75. The van der Waals surface area contributed by atoms with Gasteiger partial charge in [0.2, 0.25) is 0 Å². The molecule has 4 heteroatoms. The molecule has 0 saturated heterocycles. The SMILES string of the molecule is COCC(CO)NCCOC(C)C. The fourth-order valence-corrected chi connectivity index (χ4v) is 0.935. The van der Waals surface area contributed by atoms with Gasteiger partial charge >= 0.3 is 0 Å². The van der Waals surface area contributed by atoms with E-state index >= 15 is 0 Å². The maximum atomic E-state index is 8.88. The zero-order chi connectivity index (χ0) is 10.1. The molecule has 0 rings (SSSR count). The lowest BCUT2D eigenvalue weighted by Crippen LogP contribution is -2.38. The smallest absolute Gasteiger partial charge is 0.0638 e. The largest absolute Gasteiger partial charge is 0.395 e. The summed E-state index contributed by atoms with van der Waals surface area (Å²) in [5.74, 6) is 0. The Hall–Kier alpha value is -0.160. The Labute approximate surface area is 80.2 Å². The number of aliphatic hydroxyl groups excluding tert-OH is 1. The molecule has 0 aliphatic heterocycles. The number of aliphatic hydroxyl groups is 1. The van der Waals surface area contributed by atoms with Crippen LogP contribution in [-0.4, -0.2) is 50.7 Å². The second kappa shape index (κ2) is 8.44. The molecule has 0 radical (unpaired) electrons. The average molecular weight is 191 g/mol. The van der Waals surface area contributed by atoms with E-state index in [0.717, 1.165) is 6.54 Å². The van der Waals surface area contributed by atoms with Crippen molar-refractivity contribution in [3.8, 4) is 0 Å². The fraction of sp³-hybridized carbons (Fsp3) is 1.00. The van der Waals surface area contributed by atoms with Crippen LogP contribution in [0, 0.1) is 0 Å². The monoisotopic (exact) mass is 191 g/mol. The molecule has 1 unspecified atom stereocenters. The van der Waals surface area contributed by atoms with Crippen LogP contribution < -0.4 is 5.32 Å². The highest BCUT2D eigenvalue weighted by molar-refractivity contribution is 4.63. The van der Waals surface area contributed by atoms with E-state index in [4.69, 9.17) is 14.6 Å². The van der Waals surface area contributed by atoms with Gasteiger partial charge in [-0.15, -0.1) is 0 Å². The fourth-order valence-electron chi connectivity index (χ4n) is 0.935. The molecule has 0 saturated carbocycles. The average Bonchev–Trinajstić information content (AvgIpc) is 2.10. The van der Waals surface area contributed by atoms with Gasteiger partial charge in [0.1, 0.15) is 0 Å². The molecule has 0 heterocycles. The Morgan fingerprint density at radius 3 is 2.54 bits per heavy atom. The van der Waals surface area contributed by atoms with Crippen molar-refractivity contribution >= 4 is 0 Å². The summed E-state index contributed by atoms with van der Waals surface area (Å²) in [6.07, 6.45) is 0.261. The van der Waals surface area contributed by atoms with Crippen LogP contribution in [0.25, 0.3) is 0 Å². The van der Waals surface area contributed by atoms with Gasteiger partial charge in [0.05, 0.1) is 32.0 Å². The van der Waals surface area contributed by atoms with E-state index in [1.54, 1.807) is 7.11 Å². The first-order valence-corrected chi connectivity index (χ1v) is 4.65. The van der Waals surface area contributed by atoms with E-state index in [9.17, 15) is 0 Å². The molecular formula is C9H21NO3. The van der Waals surface area contributed by atoms with Gasteiger partial charge in [-0.25, -0.2) is 0 Å². The first-order valence-electron chi connectivity index (χ1n) is 4.65. The normalized spacial score (nSPS) is 13.6. The molecule has 0 fully saturated rings. The number of methoxy groups -OCH3 is 1. The van der Waals surface area contributed by atoms with Gasteiger partial charge in [-0.2, -0.15) is 0 Å². The second-order valence-electron chi connectivity index (χ2n) is 3.21. The van der Waals surface area contributed by atoms with Crippen LogP contribution in [0.1, 0.15) is 13.8 Å². The predicted octanol–water partition coefficient (Wildman–Crippen LogP) is 0.00830. The molecule has 2 N–H and O–H groups in total. The summed E-state index contributed by atoms with van der Waals surface area (Å²) in [6.45, 7) is 6.02. The van der Waals surface area contributed by atoms with Gasteiger partial charge in [0, 0.05) is 13.7 Å². The first-order chi connectivity index (χ1) is 6.20. The van der Waals surface area contributed by atoms with Crippen molar-refractivity contribution in [2.45, 2.75) is 26.0 Å². The van der Waals surface area contributed by atoms with E-state index in [2.05, 4.69) is 5.32 Å². The standard InChI is InChI=1S/C9H21NO3/c1-8(2)13-5-4-10-9(6-11)7-12-3/h8-11H,4-7H2,1-3H3. The summed E-state index contributed by atoms with van der Waals surface area (Å²) in [5.41, 5.74) is 0. The van der Waals surface area contributed by atoms with Crippen molar-refractivity contribution in [1.29, 1.82) is 0 Å². The van der Waals surface area contributed by atoms with E-state index in [0.29, 0.717) is 13.2 Å². The first kappa shape index (κ1) is 12.8. The Morgan fingerprint density at radius 2 is 2.08 bits per heavy atom. The number of ether oxygens (including phenoxy) is 2. The summed E-state index contributed by atoms with van der Waals surface area (Å²) in [6, 6.07) is 0.0146. The Kier molecular flexibility index (Phi) is 8.33. The van der Waals surface area contributed by atoms with E-state index in [-0.39, 0.29) is 18.8 Å². The minimum absolute atomic E-state index is 0.0146. The summed E-state index contributed by atoms with van der Waals surface area (Å²) in [5, 5.41) is 12.0. The lowest BCUT2D eigenvalue weighted by Gasteiger charge is -2.15. The molecule has 0 aliphatic carbocycles. The molecule has 80 valence electrons. The maximum absolute atomic E-state index is 8.88. The Bertz CT molecular complexity index is 109. The highest BCUT2D eigenvalue weighted by Crippen LogP contribution is 1.87. The lowest BCUT2D eigenvalue weighted by atomic mass is 10.3. The van der Waals surface area contributed by atoms with Crippen LogP contribution in [0.5, 0.6) is 0 Å².